The standard InChI is InChI=1S/C12H14N2O5/c15-10(11(16)17)6-7-13-14-12(18)19-8-9-4-2-1-3-5-9/h1-5,13H,6-8H2,(H,14,18)(H,16,17). The van der Waals surface area contributed by atoms with E-state index in [0.717, 1.165) is 5.56 Å². The van der Waals surface area contributed by atoms with Crippen molar-refractivity contribution in [1.82, 2.24) is 10.9 Å². The monoisotopic (exact) mass is 266 g/mol. The van der Waals surface area contributed by atoms with Crippen molar-refractivity contribution < 1.29 is 24.2 Å². The Labute approximate surface area is 109 Å². The van der Waals surface area contributed by atoms with Crippen LogP contribution in [0.1, 0.15) is 12.0 Å². The van der Waals surface area contributed by atoms with Crippen molar-refractivity contribution in [3.8, 4) is 0 Å². The minimum Gasteiger partial charge on any atom is -0.476 e. The van der Waals surface area contributed by atoms with E-state index in [1.54, 1.807) is 0 Å². The fraction of sp³-hybridized carbons (Fsp3) is 0.250. The lowest BCUT2D eigenvalue weighted by molar-refractivity contribution is -0.149. The van der Waals surface area contributed by atoms with E-state index in [0.29, 0.717) is 0 Å². The van der Waals surface area contributed by atoms with E-state index < -0.39 is 17.8 Å². The van der Waals surface area contributed by atoms with Crippen LogP contribution in [0.25, 0.3) is 0 Å². The highest BCUT2D eigenvalue weighted by molar-refractivity contribution is 6.32. The molecule has 1 rings (SSSR count). The second-order valence-electron chi connectivity index (χ2n) is 3.59. The molecule has 1 aromatic carbocycles. The zero-order chi connectivity index (χ0) is 14.1. The Bertz CT molecular complexity index is 447. The lowest BCUT2D eigenvalue weighted by Gasteiger charge is -2.07. The molecule has 0 atom stereocenters. The Kier molecular flexibility index (Phi) is 6.04. The molecule has 7 heteroatoms. The quantitative estimate of drug-likeness (QED) is 0.376. The molecule has 0 heterocycles. The van der Waals surface area contributed by atoms with Crippen molar-refractivity contribution in [2.24, 2.45) is 0 Å². The van der Waals surface area contributed by atoms with Gasteiger partial charge in [-0.1, -0.05) is 30.3 Å². The average molecular weight is 266 g/mol. The Balaban J connectivity index is 2.12. The van der Waals surface area contributed by atoms with Gasteiger partial charge < -0.3 is 9.84 Å². The molecule has 0 aliphatic heterocycles. The van der Waals surface area contributed by atoms with E-state index in [1.165, 1.54) is 0 Å². The molecule has 102 valence electrons. The predicted molar refractivity (Wildman–Crippen MR) is 65.0 cm³/mol. The summed E-state index contributed by atoms with van der Waals surface area (Å²) < 4.78 is 4.87. The highest BCUT2D eigenvalue weighted by atomic mass is 16.6. The fourth-order valence-electron chi connectivity index (χ4n) is 1.18. The number of aliphatic carboxylic acids is 1. The topological polar surface area (TPSA) is 105 Å². The van der Waals surface area contributed by atoms with E-state index in [-0.39, 0.29) is 19.6 Å². The third kappa shape index (κ3) is 6.18. The molecule has 0 spiro atoms. The first kappa shape index (κ1) is 14.7. The van der Waals surface area contributed by atoms with E-state index in [9.17, 15) is 14.4 Å². The SMILES string of the molecule is O=C(NNCCC(=O)C(=O)O)OCc1ccccc1. The van der Waals surface area contributed by atoms with Crippen molar-refractivity contribution in [3.63, 3.8) is 0 Å². The molecule has 0 radical (unpaired) electrons. The first-order valence-electron chi connectivity index (χ1n) is 5.55. The van der Waals surface area contributed by atoms with Crippen molar-refractivity contribution >= 4 is 17.8 Å². The third-order valence-corrected chi connectivity index (χ3v) is 2.12. The van der Waals surface area contributed by atoms with Gasteiger partial charge in [-0.25, -0.2) is 15.0 Å². The van der Waals surface area contributed by atoms with Gasteiger partial charge in [-0.2, -0.15) is 0 Å². The molecule has 1 aromatic rings. The molecule has 0 fully saturated rings. The number of nitrogens with one attached hydrogen (secondary N) is 2. The Morgan fingerprint density at radius 3 is 2.47 bits per heavy atom. The maximum atomic E-state index is 11.2. The number of hydrogen-bond donors (Lipinski definition) is 3. The minimum absolute atomic E-state index is 0.0194. The lowest BCUT2D eigenvalue weighted by atomic mass is 10.2. The molecular weight excluding hydrogens is 252 g/mol. The average Bonchev–Trinajstić information content (AvgIpc) is 2.42. The van der Waals surface area contributed by atoms with Gasteiger partial charge in [0.1, 0.15) is 6.61 Å². The number of carboxylic acids is 1. The summed E-state index contributed by atoms with van der Waals surface area (Å²) in [7, 11) is 0. The summed E-state index contributed by atoms with van der Waals surface area (Å²) in [6.07, 6.45) is -0.916. The van der Waals surface area contributed by atoms with Gasteiger partial charge in [0.25, 0.3) is 0 Å². The summed E-state index contributed by atoms with van der Waals surface area (Å²) in [5.41, 5.74) is 5.44. The number of carboxylic acid groups (broad SMARTS) is 1. The minimum atomic E-state index is -1.49. The molecule has 19 heavy (non-hydrogen) atoms. The van der Waals surface area contributed by atoms with Crippen LogP contribution in [-0.4, -0.2) is 29.5 Å². The van der Waals surface area contributed by atoms with Gasteiger partial charge in [0.05, 0.1) is 0 Å². The Hall–Kier alpha value is -2.41. The van der Waals surface area contributed by atoms with E-state index in [4.69, 9.17) is 9.84 Å². The summed E-state index contributed by atoms with van der Waals surface area (Å²) >= 11 is 0. The first-order chi connectivity index (χ1) is 9.09. The molecule has 0 saturated carbocycles. The van der Waals surface area contributed by atoms with Gasteiger partial charge >= 0.3 is 12.1 Å². The van der Waals surface area contributed by atoms with E-state index in [1.807, 2.05) is 30.3 Å². The predicted octanol–water partition coefficient (Wildman–Crippen LogP) is 0.461. The molecule has 3 N–H and O–H groups in total. The normalized spacial score (nSPS) is 9.68. The highest BCUT2D eigenvalue weighted by Gasteiger charge is 2.10. The number of ether oxygens (including phenoxy) is 1. The zero-order valence-corrected chi connectivity index (χ0v) is 10.1. The van der Waals surface area contributed by atoms with Gasteiger partial charge in [-0.3, -0.25) is 10.2 Å². The van der Waals surface area contributed by atoms with Crippen LogP contribution in [-0.2, 0) is 20.9 Å². The number of amides is 1. The molecule has 0 aromatic heterocycles. The molecule has 1 amide bonds. The smallest absolute Gasteiger partial charge is 0.421 e. The number of hydrogen-bond acceptors (Lipinski definition) is 5. The number of carbonyl (C=O) groups excluding carboxylic acids is 2. The van der Waals surface area contributed by atoms with Gasteiger partial charge in [0.2, 0.25) is 5.78 Å². The molecular formula is C12H14N2O5. The summed E-state index contributed by atoms with van der Waals surface area (Å²) in [6, 6.07) is 9.13. The van der Waals surface area contributed by atoms with Gasteiger partial charge in [-0.05, 0) is 5.56 Å². The van der Waals surface area contributed by atoms with E-state index >= 15 is 0 Å². The number of Topliss-reactive ketones (excluding diaryl/α,β-unsaturated/α-hetero) is 1. The number of hydrazine groups is 1. The maximum Gasteiger partial charge on any atom is 0.421 e. The second-order valence-corrected chi connectivity index (χ2v) is 3.59. The van der Waals surface area contributed by atoms with Crippen LogP contribution < -0.4 is 10.9 Å². The molecule has 0 aliphatic rings. The molecule has 0 aliphatic carbocycles. The van der Waals surface area contributed by atoms with Crippen LogP contribution in [0.5, 0.6) is 0 Å². The van der Waals surface area contributed by atoms with Crippen molar-refractivity contribution in [3.05, 3.63) is 35.9 Å². The van der Waals surface area contributed by atoms with Crippen molar-refractivity contribution in [1.29, 1.82) is 0 Å². The summed E-state index contributed by atoms with van der Waals surface area (Å²) in [5, 5.41) is 8.31. The largest absolute Gasteiger partial charge is 0.476 e. The summed E-state index contributed by atoms with van der Waals surface area (Å²) in [4.78, 5) is 32.1. The molecule has 0 unspecified atom stereocenters. The van der Waals surface area contributed by atoms with Gasteiger partial charge in [0.15, 0.2) is 0 Å². The fourth-order valence-corrected chi connectivity index (χ4v) is 1.18. The second kappa shape index (κ2) is 7.83. The van der Waals surface area contributed by atoms with E-state index in [2.05, 4.69) is 10.9 Å². The molecule has 0 bridgehead atoms. The zero-order valence-electron chi connectivity index (χ0n) is 10.1. The Morgan fingerprint density at radius 1 is 1.16 bits per heavy atom. The van der Waals surface area contributed by atoms with Crippen molar-refractivity contribution in [2.75, 3.05) is 6.54 Å². The van der Waals surface area contributed by atoms with Crippen LogP contribution in [0.3, 0.4) is 0 Å². The Morgan fingerprint density at radius 2 is 1.84 bits per heavy atom. The number of carbonyl (C=O) groups is 3. The molecule has 0 saturated heterocycles. The third-order valence-electron chi connectivity index (χ3n) is 2.12. The summed E-state index contributed by atoms with van der Waals surface area (Å²) in [6.45, 7) is 0.147. The van der Waals surface area contributed by atoms with Crippen LogP contribution in [0.4, 0.5) is 4.79 Å². The van der Waals surface area contributed by atoms with Crippen LogP contribution in [0, 0.1) is 0 Å². The maximum absolute atomic E-state index is 11.2. The van der Waals surface area contributed by atoms with Crippen molar-refractivity contribution in [2.45, 2.75) is 13.0 Å². The van der Waals surface area contributed by atoms with Crippen LogP contribution in [0.2, 0.25) is 0 Å². The number of benzene rings is 1. The first-order valence-corrected chi connectivity index (χ1v) is 5.55. The highest BCUT2D eigenvalue weighted by Crippen LogP contribution is 1.99. The van der Waals surface area contributed by atoms with Gasteiger partial charge in [0, 0.05) is 13.0 Å². The van der Waals surface area contributed by atoms with Gasteiger partial charge in [-0.15, -0.1) is 0 Å². The summed E-state index contributed by atoms with van der Waals surface area (Å²) in [5.74, 6) is -2.42. The van der Waals surface area contributed by atoms with Crippen LogP contribution >= 0.6 is 0 Å². The van der Waals surface area contributed by atoms with Crippen LogP contribution in [0.15, 0.2) is 30.3 Å². The lowest BCUT2D eigenvalue weighted by Crippen LogP contribution is -2.39. The number of ketones is 1. The molecule has 7 nitrogen and oxygen atoms in total. The number of rotatable bonds is 7.